The summed E-state index contributed by atoms with van der Waals surface area (Å²) < 4.78 is 0. The molecule has 2 rings (SSSR count). The van der Waals surface area contributed by atoms with Crippen LogP contribution in [-0.2, 0) is 12.8 Å². The number of piperidine rings is 1. The van der Waals surface area contributed by atoms with Gasteiger partial charge in [0.05, 0.1) is 10.7 Å². The molecule has 1 aliphatic rings. The van der Waals surface area contributed by atoms with Crippen LogP contribution in [0.1, 0.15) is 43.8 Å². The number of thiazole rings is 1. The van der Waals surface area contributed by atoms with Gasteiger partial charge in [0.1, 0.15) is 0 Å². The van der Waals surface area contributed by atoms with Crippen molar-refractivity contribution in [1.82, 2.24) is 20.5 Å². The van der Waals surface area contributed by atoms with Crippen LogP contribution in [0.2, 0.25) is 0 Å². The fraction of sp³-hybridized carbons (Fsp3) is 0.778. The Morgan fingerprint density at radius 2 is 2.04 bits per heavy atom. The zero-order valence-electron chi connectivity index (χ0n) is 15.9. The lowest BCUT2D eigenvalue weighted by atomic mass is 9.99. The molecule has 1 aromatic heterocycles. The molecule has 2 heterocycles. The average Bonchev–Trinajstić information content (AvgIpc) is 3.06. The number of nitrogens with zero attached hydrogens (tertiary/aromatic N) is 3. The Morgan fingerprint density at radius 1 is 1.32 bits per heavy atom. The maximum atomic E-state index is 4.60. The van der Waals surface area contributed by atoms with Gasteiger partial charge in [0, 0.05) is 31.9 Å². The molecule has 25 heavy (non-hydrogen) atoms. The number of aryl methyl sites for hydroxylation is 1. The fourth-order valence-electron chi connectivity index (χ4n) is 2.95. The summed E-state index contributed by atoms with van der Waals surface area (Å²) in [7, 11) is 1.83. The number of hydrogen-bond donors (Lipinski definition) is 2. The van der Waals surface area contributed by atoms with E-state index in [4.69, 9.17) is 0 Å². The van der Waals surface area contributed by atoms with Crippen molar-refractivity contribution in [3.05, 3.63) is 16.1 Å². The van der Waals surface area contributed by atoms with Crippen molar-refractivity contribution in [3.8, 4) is 0 Å². The summed E-state index contributed by atoms with van der Waals surface area (Å²) in [5.74, 6) is 1.81. The van der Waals surface area contributed by atoms with Gasteiger partial charge in [-0.05, 0) is 51.2 Å². The van der Waals surface area contributed by atoms with Crippen LogP contribution in [0.15, 0.2) is 10.4 Å². The Kier molecular flexibility index (Phi) is 11.6. The summed E-state index contributed by atoms with van der Waals surface area (Å²) in [5.41, 5.74) is 1.18. The van der Waals surface area contributed by atoms with E-state index in [-0.39, 0.29) is 24.0 Å². The van der Waals surface area contributed by atoms with Crippen molar-refractivity contribution in [2.24, 2.45) is 10.9 Å². The van der Waals surface area contributed by atoms with Gasteiger partial charge in [-0.15, -0.1) is 35.3 Å². The summed E-state index contributed by atoms with van der Waals surface area (Å²) >= 11 is 1.76. The maximum Gasteiger partial charge on any atom is 0.190 e. The largest absolute Gasteiger partial charge is 0.356 e. The number of hydrogen-bond acceptors (Lipinski definition) is 4. The zero-order chi connectivity index (χ0) is 17.2. The molecule has 1 fully saturated rings. The number of aliphatic imine (C=N–C) groups is 1. The minimum atomic E-state index is 0. The van der Waals surface area contributed by atoms with Gasteiger partial charge in [0.25, 0.3) is 0 Å². The van der Waals surface area contributed by atoms with E-state index in [2.05, 4.69) is 44.7 Å². The van der Waals surface area contributed by atoms with Crippen molar-refractivity contribution in [3.63, 3.8) is 0 Å². The first-order chi connectivity index (χ1) is 11.7. The van der Waals surface area contributed by atoms with E-state index in [0.717, 1.165) is 37.8 Å². The van der Waals surface area contributed by atoms with Gasteiger partial charge >= 0.3 is 0 Å². The Labute approximate surface area is 174 Å². The highest BCUT2D eigenvalue weighted by atomic mass is 127. The highest BCUT2D eigenvalue weighted by Crippen LogP contribution is 2.15. The Hall–Kier alpha value is -0.410. The molecule has 0 bridgehead atoms. The van der Waals surface area contributed by atoms with E-state index in [1.165, 1.54) is 49.6 Å². The normalized spacial score (nSPS) is 16.5. The van der Waals surface area contributed by atoms with Crippen LogP contribution in [0.4, 0.5) is 0 Å². The van der Waals surface area contributed by atoms with Crippen molar-refractivity contribution >= 4 is 41.3 Å². The van der Waals surface area contributed by atoms with Crippen LogP contribution in [0.3, 0.4) is 0 Å². The number of likely N-dealkylation sites (tertiary alicyclic amines) is 1. The van der Waals surface area contributed by atoms with Crippen LogP contribution in [0, 0.1) is 5.92 Å². The van der Waals surface area contributed by atoms with Gasteiger partial charge in [-0.25, -0.2) is 4.98 Å². The molecule has 1 saturated heterocycles. The molecule has 1 aromatic rings. The van der Waals surface area contributed by atoms with E-state index >= 15 is 0 Å². The lowest BCUT2D eigenvalue weighted by Crippen LogP contribution is -2.40. The van der Waals surface area contributed by atoms with Gasteiger partial charge in [-0.2, -0.15) is 0 Å². The first-order valence-electron chi connectivity index (χ1n) is 9.31. The predicted molar refractivity (Wildman–Crippen MR) is 119 cm³/mol. The topological polar surface area (TPSA) is 52.6 Å². The van der Waals surface area contributed by atoms with E-state index in [9.17, 15) is 0 Å². The van der Waals surface area contributed by atoms with Crippen molar-refractivity contribution in [2.75, 3.05) is 39.8 Å². The Balaban J connectivity index is 0.00000312. The van der Waals surface area contributed by atoms with E-state index < -0.39 is 0 Å². The molecule has 1 aliphatic heterocycles. The predicted octanol–water partition coefficient (Wildman–Crippen LogP) is 3.15. The second-order valence-corrected chi connectivity index (χ2v) is 7.58. The fourth-order valence-corrected chi connectivity index (χ4v) is 3.73. The summed E-state index contributed by atoms with van der Waals surface area (Å²) in [6.07, 6.45) is 5.85. The molecular weight excluding hydrogens is 445 g/mol. The molecule has 0 radical (unpaired) electrons. The molecule has 0 saturated carbocycles. The number of halogens is 1. The first kappa shape index (κ1) is 22.6. The van der Waals surface area contributed by atoms with E-state index in [0.29, 0.717) is 0 Å². The molecule has 0 spiro atoms. The second kappa shape index (κ2) is 12.9. The Bertz CT molecular complexity index is 497. The van der Waals surface area contributed by atoms with E-state index in [1.807, 2.05) is 7.05 Å². The van der Waals surface area contributed by atoms with Crippen LogP contribution < -0.4 is 10.6 Å². The van der Waals surface area contributed by atoms with Crippen LogP contribution >= 0.6 is 35.3 Å². The molecule has 7 heteroatoms. The number of aromatic nitrogens is 1. The molecule has 144 valence electrons. The molecule has 5 nitrogen and oxygen atoms in total. The van der Waals surface area contributed by atoms with Crippen LogP contribution in [0.5, 0.6) is 0 Å². The summed E-state index contributed by atoms with van der Waals surface area (Å²) in [6.45, 7) is 10.1. The SMILES string of the molecule is CCc1nc(CCNC(=NC)NCCCN2CCC(C)CC2)cs1.I. The molecule has 0 amide bonds. The first-order valence-corrected chi connectivity index (χ1v) is 10.2. The molecule has 2 N–H and O–H groups in total. The van der Waals surface area contributed by atoms with Crippen LogP contribution in [-0.4, -0.2) is 55.6 Å². The van der Waals surface area contributed by atoms with Gasteiger partial charge in [0.2, 0.25) is 0 Å². The average molecular weight is 479 g/mol. The lowest BCUT2D eigenvalue weighted by Gasteiger charge is -2.30. The highest BCUT2D eigenvalue weighted by Gasteiger charge is 2.14. The quantitative estimate of drug-likeness (QED) is 0.260. The van der Waals surface area contributed by atoms with Crippen LogP contribution in [0.25, 0.3) is 0 Å². The maximum absolute atomic E-state index is 4.60. The van der Waals surface area contributed by atoms with Gasteiger partial charge in [-0.1, -0.05) is 13.8 Å². The lowest BCUT2D eigenvalue weighted by molar-refractivity contribution is 0.191. The third-order valence-electron chi connectivity index (χ3n) is 4.62. The van der Waals surface area contributed by atoms with Gasteiger partial charge in [-0.3, -0.25) is 4.99 Å². The van der Waals surface area contributed by atoms with Gasteiger partial charge < -0.3 is 15.5 Å². The third-order valence-corrected chi connectivity index (χ3v) is 5.66. The number of guanidine groups is 1. The monoisotopic (exact) mass is 479 g/mol. The van der Waals surface area contributed by atoms with Crippen molar-refractivity contribution < 1.29 is 0 Å². The smallest absolute Gasteiger partial charge is 0.190 e. The number of rotatable bonds is 8. The van der Waals surface area contributed by atoms with Crippen molar-refractivity contribution in [2.45, 2.75) is 46.0 Å². The van der Waals surface area contributed by atoms with E-state index in [1.54, 1.807) is 11.3 Å². The molecular formula is C18H34IN5S. The van der Waals surface area contributed by atoms with Crippen molar-refractivity contribution in [1.29, 1.82) is 0 Å². The molecule has 0 aliphatic carbocycles. The van der Waals surface area contributed by atoms with Gasteiger partial charge in [0.15, 0.2) is 5.96 Å². The molecule has 0 unspecified atom stereocenters. The standard InChI is InChI=1S/C18H33N5S.HI/c1-4-17-22-16(14-24-17)6-10-21-18(19-3)20-9-5-11-23-12-7-15(2)8-13-23;/h14-15H,4-13H2,1-3H3,(H2,19,20,21);1H. The summed E-state index contributed by atoms with van der Waals surface area (Å²) in [4.78, 5) is 11.5. The second-order valence-electron chi connectivity index (χ2n) is 6.64. The third kappa shape index (κ3) is 8.68. The summed E-state index contributed by atoms with van der Waals surface area (Å²) in [5, 5.41) is 10.2. The summed E-state index contributed by atoms with van der Waals surface area (Å²) in [6, 6.07) is 0. The Morgan fingerprint density at radius 3 is 2.68 bits per heavy atom. The highest BCUT2D eigenvalue weighted by molar-refractivity contribution is 14.0. The number of nitrogens with one attached hydrogen (secondary N) is 2. The zero-order valence-corrected chi connectivity index (χ0v) is 19.0. The molecule has 0 aromatic carbocycles. The molecule has 0 atom stereocenters. The minimum absolute atomic E-state index is 0. The minimum Gasteiger partial charge on any atom is -0.356 e.